The molecule has 0 aliphatic heterocycles. The predicted octanol–water partition coefficient (Wildman–Crippen LogP) is 5.69. The maximum Gasteiger partial charge on any atom is 0.0786 e. The highest BCUT2D eigenvalue weighted by Crippen LogP contribution is 2.31. The van der Waals surface area contributed by atoms with Crippen LogP contribution in [0.4, 0.5) is 0 Å². The Morgan fingerprint density at radius 1 is 0.500 bits per heavy atom. The smallest absolute Gasteiger partial charge is 0.0786 e. The van der Waals surface area contributed by atoms with Crippen molar-refractivity contribution in [3.63, 3.8) is 0 Å². The van der Waals surface area contributed by atoms with Crippen LogP contribution in [0.3, 0.4) is 0 Å². The molecule has 0 bridgehead atoms. The summed E-state index contributed by atoms with van der Waals surface area (Å²) in [6, 6.07) is 25.8. The van der Waals surface area contributed by atoms with Crippen LogP contribution < -0.4 is 0 Å². The molecule has 1 aromatic heterocycles. The van der Waals surface area contributed by atoms with E-state index in [0.29, 0.717) is 0 Å². The first kappa shape index (κ1) is 11.7. The van der Waals surface area contributed by atoms with Gasteiger partial charge in [0.25, 0.3) is 0 Å². The van der Waals surface area contributed by atoms with Crippen molar-refractivity contribution in [2.24, 2.45) is 0 Å². The lowest BCUT2D eigenvalue weighted by Crippen LogP contribution is -1.85. The van der Waals surface area contributed by atoms with Gasteiger partial charge in [-0.05, 0) is 33.7 Å². The van der Waals surface area contributed by atoms with Gasteiger partial charge in [-0.15, -0.1) is 0 Å². The number of benzene rings is 4. The number of hydrogen-bond acceptors (Lipinski definition) is 1. The quantitative estimate of drug-likeness (QED) is 0.262. The SMILES string of the molecule is c1ccc2cc3c(ccc4c5ccccc5cnc34)cc2c1. The molecule has 5 rings (SSSR count). The van der Waals surface area contributed by atoms with Crippen LogP contribution in [0.1, 0.15) is 0 Å². The van der Waals surface area contributed by atoms with Crippen LogP contribution in [-0.4, -0.2) is 4.98 Å². The number of fused-ring (bicyclic) bond motifs is 6. The number of hydrogen-bond donors (Lipinski definition) is 0. The zero-order chi connectivity index (χ0) is 14.5. The minimum Gasteiger partial charge on any atom is -0.255 e. The van der Waals surface area contributed by atoms with E-state index in [-0.39, 0.29) is 0 Å². The average molecular weight is 279 g/mol. The zero-order valence-corrected chi connectivity index (χ0v) is 12.0. The molecule has 0 saturated carbocycles. The van der Waals surface area contributed by atoms with E-state index in [1.807, 2.05) is 6.20 Å². The van der Waals surface area contributed by atoms with Crippen LogP contribution in [0.5, 0.6) is 0 Å². The zero-order valence-electron chi connectivity index (χ0n) is 12.0. The van der Waals surface area contributed by atoms with Crippen molar-refractivity contribution in [1.82, 2.24) is 4.98 Å². The molecular weight excluding hydrogens is 266 g/mol. The van der Waals surface area contributed by atoms with Gasteiger partial charge in [-0.25, -0.2) is 0 Å². The van der Waals surface area contributed by atoms with E-state index >= 15 is 0 Å². The van der Waals surface area contributed by atoms with Gasteiger partial charge in [0.1, 0.15) is 0 Å². The topological polar surface area (TPSA) is 12.9 Å². The number of pyridine rings is 1. The molecule has 5 aromatic rings. The summed E-state index contributed by atoms with van der Waals surface area (Å²) < 4.78 is 0. The van der Waals surface area contributed by atoms with Gasteiger partial charge in [0.2, 0.25) is 0 Å². The third-order valence-electron chi connectivity index (χ3n) is 4.44. The average Bonchev–Trinajstić information content (AvgIpc) is 2.59. The lowest BCUT2D eigenvalue weighted by Gasteiger charge is -2.08. The van der Waals surface area contributed by atoms with E-state index in [4.69, 9.17) is 4.98 Å². The molecule has 1 nitrogen and oxygen atoms in total. The van der Waals surface area contributed by atoms with Gasteiger partial charge in [0.05, 0.1) is 5.52 Å². The molecule has 0 unspecified atom stereocenters. The molecule has 1 heterocycles. The molecule has 4 aromatic carbocycles. The molecule has 0 atom stereocenters. The largest absolute Gasteiger partial charge is 0.255 e. The highest BCUT2D eigenvalue weighted by Gasteiger charge is 2.06. The first-order valence-corrected chi connectivity index (χ1v) is 7.49. The maximum absolute atomic E-state index is 4.74. The Labute approximate surface area is 127 Å². The Hall–Kier alpha value is -2.93. The van der Waals surface area contributed by atoms with Crippen LogP contribution in [0.25, 0.3) is 43.2 Å². The Kier molecular flexibility index (Phi) is 2.28. The second kappa shape index (κ2) is 4.28. The van der Waals surface area contributed by atoms with Gasteiger partial charge in [-0.1, -0.05) is 60.7 Å². The first-order chi connectivity index (χ1) is 10.9. The van der Waals surface area contributed by atoms with E-state index in [9.17, 15) is 0 Å². The van der Waals surface area contributed by atoms with E-state index < -0.39 is 0 Å². The molecule has 0 saturated heterocycles. The lowest BCUT2D eigenvalue weighted by molar-refractivity contribution is 1.46. The van der Waals surface area contributed by atoms with Crippen molar-refractivity contribution in [3.05, 3.63) is 79.0 Å². The van der Waals surface area contributed by atoms with E-state index in [2.05, 4.69) is 72.8 Å². The molecule has 0 aliphatic carbocycles. The predicted molar refractivity (Wildman–Crippen MR) is 94.3 cm³/mol. The summed E-state index contributed by atoms with van der Waals surface area (Å²) in [5.41, 5.74) is 1.09. The minimum absolute atomic E-state index is 1.09. The molecule has 0 radical (unpaired) electrons. The van der Waals surface area contributed by atoms with Crippen LogP contribution in [-0.2, 0) is 0 Å². The lowest BCUT2D eigenvalue weighted by atomic mass is 9.99. The normalized spacial score (nSPS) is 11.6. The van der Waals surface area contributed by atoms with Crippen molar-refractivity contribution in [2.75, 3.05) is 0 Å². The second-order valence-electron chi connectivity index (χ2n) is 5.73. The first-order valence-electron chi connectivity index (χ1n) is 7.49. The Bertz CT molecular complexity index is 1170. The summed E-state index contributed by atoms with van der Waals surface area (Å²) in [6.07, 6.45) is 1.98. The summed E-state index contributed by atoms with van der Waals surface area (Å²) >= 11 is 0. The fraction of sp³-hybridized carbons (Fsp3) is 0. The van der Waals surface area contributed by atoms with E-state index in [1.54, 1.807) is 0 Å². The molecule has 0 aliphatic rings. The number of nitrogens with zero attached hydrogens (tertiary/aromatic N) is 1. The van der Waals surface area contributed by atoms with Crippen molar-refractivity contribution < 1.29 is 0 Å². The van der Waals surface area contributed by atoms with E-state index in [0.717, 1.165) is 5.52 Å². The van der Waals surface area contributed by atoms with Gasteiger partial charge >= 0.3 is 0 Å². The number of aromatic nitrogens is 1. The molecular formula is C21H13N. The van der Waals surface area contributed by atoms with Gasteiger partial charge in [0, 0.05) is 22.4 Å². The van der Waals surface area contributed by atoms with E-state index in [1.165, 1.54) is 37.7 Å². The highest BCUT2D eigenvalue weighted by molar-refractivity contribution is 6.17. The number of rotatable bonds is 0. The Balaban J connectivity index is 2.02. The van der Waals surface area contributed by atoms with Crippen molar-refractivity contribution >= 4 is 43.2 Å². The fourth-order valence-corrected chi connectivity index (χ4v) is 3.34. The third kappa shape index (κ3) is 1.57. The Morgan fingerprint density at radius 2 is 1.23 bits per heavy atom. The van der Waals surface area contributed by atoms with Gasteiger partial charge in [-0.2, -0.15) is 0 Å². The summed E-state index contributed by atoms with van der Waals surface area (Å²) in [5, 5.41) is 8.68. The van der Waals surface area contributed by atoms with Crippen molar-refractivity contribution in [1.29, 1.82) is 0 Å². The third-order valence-corrected chi connectivity index (χ3v) is 4.44. The van der Waals surface area contributed by atoms with Crippen LogP contribution in [0.2, 0.25) is 0 Å². The summed E-state index contributed by atoms with van der Waals surface area (Å²) in [7, 11) is 0. The molecule has 102 valence electrons. The molecule has 0 spiro atoms. The maximum atomic E-state index is 4.74. The highest BCUT2D eigenvalue weighted by atomic mass is 14.7. The van der Waals surface area contributed by atoms with Crippen LogP contribution >= 0.6 is 0 Å². The fourth-order valence-electron chi connectivity index (χ4n) is 3.34. The molecule has 0 N–H and O–H groups in total. The molecule has 0 amide bonds. The summed E-state index contributed by atoms with van der Waals surface area (Å²) in [6.45, 7) is 0. The van der Waals surface area contributed by atoms with Crippen molar-refractivity contribution in [2.45, 2.75) is 0 Å². The van der Waals surface area contributed by atoms with Gasteiger partial charge in [-0.3, -0.25) is 4.98 Å². The minimum atomic E-state index is 1.09. The summed E-state index contributed by atoms with van der Waals surface area (Å²) in [5.74, 6) is 0. The second-order valence-corrected chi connectivity index (χ2v) is 5.73. The molecule has 1 heteroatoms. The van der Waals surface area contributed by atoms with Crippen molar-refractivity contribution in [3.8, 4) is 0 Å². The summed E-state index contributed by atoms with van der Waals surface area (Å²) in [4.78, 5) is 4.74. The van der Waals surface area contributed by atoms with Crippen LogP contribution in [0, 0.1) is 0 Å². The molecule has 22 heavy (non-hydrogen) atoms. The Morgan fingerprint density at radius 3 is 2.09 bits per heavy atom. The van der Waals surface area contributed by atoms with Gasteiger partial charge < -0.3 is 0 Å². The standard InChI is InChI=1S/C21H13N/c1-2-6-15-12-20-16(11-14(15)5-1)9-10-19-18-8-4-3-7-17(18)13-22-21(19)20/h1-13H. The monoisotopic (exact) mass is 279 g/mol. The van der Waals surface area contributed by atoms with Gasteiger partial charge in [0.15, 0.2) is 0 Å². The van der Waals surface area contributed by atoms with Crippen LogP contribution in [0.15, 0.2) is 79.0 Å². The molecule has 0 fully saturated rings.